The molecule has 0 spiro atoms. The topological polar surface area (TPSA) is 168 Å². The van der Waals surface area contributed by atoms with Gasteiger partial charge in [-0.15, -0.1) is 0 Å². The summed E-state index contributed by atoms with van der Waals surface area (Å²) < 4.78 is 29.3. The van der Waals surface area contributed by atoms with Crippen LogP contribution >= 0.6 is 0 Å². The van der Waals surface area contributed by atoms with Crippen LogP contribution in [0.2, 0.25) is 0 Å². The quantitative estimate of drug-likeness (QED) is 0.267. The van der Waals surface area contributed by atoms with Crippen molar-refractivity contribution in [2.45, 2.75) is 136 Å². The Labute approximate surface area is 274 Å². The van der Waals surface area contributed by atoms with Crippen LogP contribution < -0.4 is 16.0 Å². The summed E-state index contributed by atoms with van der Waals surface area (Å²) >= 11 is 0. The van der Waals surface area contributed by atoms with Gasteiger partial charge in [-0.2, -0.15) is 0 Å². The van der Waals surface area contributed by atoms with Crippen molar-refractivity contribution < 1.29 is 37.1 Å². The van der Waals surface area contributed by atoms with Crippen molar-refractivity contribution in [2.75, 3.05) is 18.8 Å². The number of rotatable bonds is 12. The lowest BCUT2D eigenvalue weighted by atomic mass is 9.83. The first-order chi connectivity index (χ1) is 21.1. The van der Waals surface area contributed by atoms with Gasteiger partial charge in [-0.05, 0) is 84.0 Å². The SMILES string of the molecule is CCCC(NC(=O)C1C2C(CN1C(=O)C(NC(=O)OC(C)(C)C)C1CCCCC1)C2(C)C)C(=O)C(=O)NCCS(=O)(=O)C(C)(C)C. The number of nitrogens with zero attached hydrogens (tertiary/aromatic N) is 1. The van der Waals surface area contributed by atoms with Gasteiger partial charge in [0.1, 0.15) is 17.7 Å². The minimum Gasteiger partial charge on any atom is -0.444 e. The number of likely N-dealkylation sites (tertiary alicyclic amines) is 1. The van der Waals surface area contributed by atoms with E-state index in [2.05, 4.69) is 29.8 Å². The van der Waals surface area contributed by atoms with Crippen molar-refractivity contribution in [3.8, 4) is 0 Å². The molecule has 2 saturated carbocycles. The number of carbonyl (C=O) groups is 5. The Morgan fingerprint density at radius 2 is 1.57 bits per heavy atom. The Balaban J connectivity index is 1.78. The van der Waals surface area contributed by atoms with Crippen LogP contribution in [0.3, 0.4) is 0 Å². The fourth-order valence-electron chi connectivity index (χ4n) is 6.94. The summed E-state index contributed by atoms with van der Waals surface area (Å²) in [7, 11) is -3.51. The molecule has 3 N–H and O–H groups in total. The normalized spacial score (nSPS) is 24.3. The zero-order valence-electron chi connectivity index (χ0n) is 29.2. The maximum atomic E-state index is 14.3. The molecule has 4 amide bonds. The van der Waals surface area contributed by atoms with E-state index in [1.165, 1.54) is 0 Å². The second-order valence-electron chi connectivity index (χ2n) is 15.8. The first-order valence-electron chi connectivity index (χ1n) is 16.8. The molecule has 262 valence electrons. The summed E-state index contributed by atoms with van der Waals surface area (Å²) in [6.45, 7) is 16.0. The highest BCUT2D eigenvalue weighted by Crippen LogP contribution is 2.65. The summed E-state index contributed by atoms with van der Waals surface area (Å²) in [5, 5.41) is 8.00. The van der Waals surface area contributed by atoms with Gasteiger partial charge >= 0.3 is 6.09 Å². The van der Waals surface area contributed by atoms with E-state index in [4.69, 9.17) is 4.74 Å². The van der Waals surface area contributed by atoms with Crippen LogP contribution in [-0.4, -0.2) is 90.2 Å². The number of carbonyl (C=O) groups excluding carboxylic acids is 5. The van der Waals surface area contributed by atoms with Crippen molar-refractivity contribution in [3.63, 3.8) is 0 Å². The highest BCUT2D eigenvalue weighted by Gasteiger charge is 2.69. The van der Waals surface area contributed by atoms with Gasteiger partial charge in [0, 0.05) is 13.1 Å². The van der Waals surface area contributed by atoms with E-state index in [9.17, 15) is 32.4 Å². The Morgan fingerprint density at radius 3 is 2.11 bits per heavy atom. The van der Waals surface area contributed by atoms with Gasteiger partial charge in [-0.3, -0.25) is 19.2 Å². The van der Waals surface area contributed by atoms with Gasteiger partial charge in [0.05, 0.1) is 16.5 Å². The number of hydrogen-bond acceptors (Lipinski definition) is 8. The van der Waals surface area contributed by atoms with Crippen molar-refractivity contribution in [2.24, 2.45) is 23.2 Å². The molecule has 3 fully saturated rings. The molecule has 1 saturated heterocycles. The van der Waals surface area contributed by atoms with Gasteiger partial charge in [0.2, 0.25) is 17.6 Å². The lowest BCUT2D eigenvalue weighted by Gasteiger charge is -2.37. The van der Waals surface area contributed by atoms with Crippen LogP contribution in [0.1, 0.15) is 107 Å². The van der Waals surface area contributed by atoms with E-state index in [0.29, 0.717) is 13.0 Å². The molecule has 5 unspecified atom stereocenters. The van der Waals surface area contributed by atoms with E-state index in [0.717, 1.165) is 32.1 Å². The number of piperidine rings is 1. The van der Waals surface area contributed by atoms with Crippen LogP contribution in [0.15, 0.2) is 0 Å². The lowest BCUT2D eigenvalue weighted by Crippen LogP contribution is -2.60. The Morgan fingerprint density at radius 1 is 0.957 bits per heavy atom. The second kappa shape index (κ2) is 14.2. The highest BCUT2D eigenvalue weighted by molar-refractivity contribution is 7.92. The fraction of sp³-hybridized carbons (Fsp3) is 0.848. The molecule has 1 heterocycles. The highest BCUT2D eigenvalue weighted by atomic mass is 32.2. The number of alkyl carbamates (subject to hydrolysis) is 1. The van der Waals surface area contributed by atoms with Gasteiger partial charge in [-0.25, -0.2) is 13.2 Å². The van der Waals surface area contributed by atoms with Crippen molar-refractivity contribution >= 4 is 39.4 Å². The monoisotopic (exact) mass is 668 g/mol. The third-order valence-corrected chi connectivity index (χ3v) is 12.5. The number of ether oxygens (including phenoxy) is 1. The second-order valence-corrected chi connectivity index (χ2v) is 18.7. The summed E-state index contributed by atoms with van der Waals surface area (Å²) in [5.74, 6) is -3.16. The van der Waals surface area contributed by atoms with Gasteiger partial charge in [0.15, 0.2) is 9.84 Å². The van der Waals surface area contributed by atoms with Crippen molar-refractivity contribution in [1.82, 2.24) is 20.9 Å². The fourth-order valence-corrected chi connectivity index (χ4v) is 7.92. The number of ketones is 1. The molecule has 13 heteroatoms. The molecule has 5 atom stereocenters. The molecule has 0 bridgehead atoms. The Kier molecular flexibility index (Phi) is 11.6. The standard InChI is InChI=1S/C33H56N4O8S/c1-10-14-22(26(38)28(40)34-17-18-46(43,44)32(5,6)7)35-27(39)25-23-21(33(23,8)9)19-37(25)29(41)24(20-15-12-11-13-16-20)36-30(42)45-31(2,3)4/h20-25H,10-19H2,1-9H3,(H,34,40)(H,35,39)(H,36,42). The lowest BCUT2D eigenvalue weighted by molar-refractivity contribution is -0.145. The van der Waals surface area contributed by atoms with Gasteiger partial charge < -0.3 is 25.6 Å². The van der Waals surface area contributed by atoms with E-state index in [-0.39, 0.29) is 47.8 Å². The molecular weight excluding hydrogens is 612 g/mol. The van der Waals surface area contributed by atoms with Crippen LogP contribution in [0, 0.1) is 23.2 Å². The van der Waals surface area contributed by atoms with E-state index < -0.39 is 62.0 Å². The third kappa shape index (κ3) is 8.80. The number of amides is 4. The Hall–Kier alpha value is -2.70. The number of hydrogen-bond donors (Lipinski definition) is 3. The summed E-state index contributed by atoms with van der Waals surface area (Å²) in [6.07, 6.45) is 4.50. The summed E-state index contributed by atoms with van der Waals surface area (Å²) in [6, 6.07) is -2.86. The first-order valence-corrected chi connectivity index (χ1v) is 18.4. The maximum Gasteiger partial charge on any atom is 0.408 e. The zero-order chi connectivity index (χ0) is 34.8. The molecule has 3 aliphatic rings. The van der Waals surface area contributed by atoms with E-state index >= 15 is 0 Å². The van der Waals surface area contributed by atoms with Crippen LogP contribution in [-0.2, 0) is 33.8 Å². The van der Waals surface area contributed by atoms with E-state index in [1.54, 1.807) is 46.4 Å². The zero-order valence-corrected chi connectivity index (χ0v) is 30.0. The maximum absolute atomic E-state index is 14.3. The van der Waals surface area contributed by atoms with Gasteiger partial charge in [0.25, 0.3) is 5.91 Å². The third-order valence-electron chi connectivity index (χ3n) is 9.84. The summed E-state index contributed by atoms with van der Waals surface area (Å²) in [4.78, 5) is 68.6. The molecule has 0 aromatic rings. The predicted molar refractivity (Wildman–Crippen MR) is 174 cm³/mol. The number of Topliss-reactive ketones (excluding diaryl/α,β-unsaturated/α-hetero) is 1. The number of fused-ring (bicyclic) bond motifs is 1. The van der Waals surface area contributed by atoms with Crippen LogP contribution in [0.25, 0.3) is 0 Å². The van der Waals surface area contributed by atoms with Crippen LogP contribution in [0.5, 0.6) is 0 Å². The molecule has 0 aromatic heterocycles. The largest absolute Gasteiger partial charge is 0.444 e. The molecular formula is C33H56N4O8S. The predicted octanol–water partition coefficient (Wildman–Crippen LogP) is 3.13. The molecule has 12 nitrogen and oxygen atoms in total. The molecule has 2 aliphatic carbocycles. The average Bonchev–Trinajstić information content (AvgIpc) is 3.26. The molecule has 0 radical (unpaired) electrons. The number of nitrogens with one attached hydrogen (secondary N) is 3. The van der Waals surface area contributed by atoms with Crippen molar-refractivity contribution in [3.05, 3.63) is 0 Å². The number of sulfone groups is 1. The molecule has 46 heavy (non-hydrogen) atoms. The molecule has 3 rings (SSSR count). The van der Waals surface area contributed by atoms with Crippen molar-refractivity contribution in [1.29, 1.82) is 0 Å². The average molecular weight is 669 g/mol. The smallest absolute Gasteiger partial charge is 0.408 e. The minimum absolute atomic E-state index is 0.0779. The molecule has 0 aromatic carbocycles. The summed E-state index contributed by atoms with van der Waals surface area (Å²) in [5.41, 5.74) is -0.947. The first kappa shape index (κ1) is 37.8. The Bertz CT molecular complexity index is 1280. The molecule has 1 aliphatic heterocycles. The van der Waals surface area contributed by atoms with Crippen LogP contribution in [0.4, 0.5) is 4.79 Å². The van der Waals surface area contributed by atoms with Gasteiger partial charge in [-0.1, -0.05) is 46.5 Å². The minimum atomic E-state index is -3.51. The van der Waals surface area contributed by atoms with E-state index in [1.807, 2.05) is 6.92 Å².